The average molecular weight is 280 g/mol. The number of carbonyl (C=O) groups is 1. The predicted octanol–water partition coefficient (Wildman–Crippen LogP) is 3.21. The monoisotopic (exact) mass is 280 g/mol. The molecule has 1 aliphatic rings. The molecule has 1 unspecified atom stereocenters. The van der Waals surface area contributed by atoms with E-state index in [0.717, 1.165) is 24.1 Å². The molecule has 1 atom stereocenters. The van der Waals surface area contributed by atoms with Crippen molar-refractivity contribution in [1.82, 2.24) is 5.32 Å². The maximum absolute atomic E-state index is 12.0. The van der Waals surface area contributed by atoms with E-state index in [1.54, 1.807) is 0 Å². The summed E-state index contributed by atoms with van der Waals surface area (Å²) >= 11 is 0. The second-order valence-electron chi connectivity index (χ2n) is 5.59. The normalized spacial score (nSPS) is 16.5. The van der Waals surface area contributed by atoms with Crippen LogP contribution < -0.4 is 10.6 Å². The molecule has 1 amide bonds. The molecule has 0 spiro atoms. The summed E-state index contributed by atoms with van der Waals surface area (Å²) in [7, 11) is 0. The Kier molecular flexibility index (Phi) is 4.02. The Labute approximate surface area is 125 Å². The van der Waals surface area contributed by atoms with Gasteiger partial charge in [0.05, 0.1) is 6.54 Å². The third-order valence-electron chi connectivity index (χ3n) is 3.94. The Bertz CT molecular complexity index is 651. The van der Waals surface area contributed by atoms with Gasteiger partial charge in [0.15, 0.2) is 0 Å². The number of benzene rings is 2. The molecule has 21 heavy (non-hydrogen) atoms. The molecule has 0 aromatic heterocycles. The van der Waals surface area contributed by atoms with E-state index in [1.165, 1.54) is 11.1 Å². The van der Waals surface area contributed by atoms with Crippen LogP contribution in [0.1, 0.15) is 29.2 Å². The zero-order valence-corrected chi connectivity index (χ0v) is 12.2. The molecule has 0 fully saturated rings. The molecule has 108 valence electrons. The van der Waals surface area contributed by atoms with E-state index in [9.17, 15) is 4.79 Å². The maximum Gasteiger partial charge on any atom is 0.238 e. The van der Waals surface area contributed by atoms with Crippen LogP contribution in [-0.2, 0) is 11.2 Å². The van der Waals surface area contributed by atoms with Crippen molar-refractivity contribution in [2.45, 2.75) is 25.8 Å². The summed E-state index contributed by atoms with van der Waals surface area (Å²) < 4.78 is 0. The van der Waals surface area contributed by atoms with Crippen molar-refractivity contribution >= 4 is 11.6 Å². The Hall–Kier alpha value is -2.13. The highest BCUT2D eigenvalue weighted by Gasteiger charge is 2.21. The van der Waals surface area contributed by atoms with Crippen LogP contribution >= 0.6 is 0 Å². The molecule has 3 heteroatoms. The number of amides is 1. The van der Waals surface area contributed by atoms with Gasteiger partial charge in [0.2, 0.25) is 5.91 Å². The number of fused-ring (bicyclic) bond motifs is 1. The summed E-state index contributed by atoms with van der Waals surface area (Å²) in [5.41, 5.74) is 4.73. The van der Waals surface area contributed by atoms with Gasteiger partial charge in [-0.2, -0.15) is 0 Å². The Morgan fingerprint density at radius 3 is 2.90 bits per heavy atom. The van der Waals surface area contributed by atoms with E-state index in [-0.39, 0.29) is 5.91 Å². The van der Waals surface area contributed by atoms with Crippen LogP contribution in [0.15, 0.2) is 48.5 Å². The quantitative estimate of drug-likeness (QED) is 0.903. The lowest BCUT2D eigenvalue weighted by atomic mass is 10.1. The van der Waals surface area contributed by atoms with Gasteiger partial charge < -0.3 is 10.6 Å². The van der Waals surface area contributed by atoms with E-state index in [1.807, 2.05) is 31.2 Å². The number of hydrogen-bond donors (Lipinski definition) is 2. The smallest absolute Gasteiger partial charge is 0.238 e. The number of rotatable bonds is 4. The largest absolute Gasteiger partial charge is 0.325 e. The van der Waals surface area contributed by atoms with Crippen molar-refractivity contribution in [1.29, 1.82) is 0 Å². The number of aryl methyl sites for hydroxylation is 2. The van der Waals surface area contributed by atoms with Gasteiger partial charge in [-0.15, -0.1) is 0 Å². The van der Waals surface area contributed by atoms with Gasteiger partial charge in [-0.3, -0.25) is 4.79 Å². The first kappa shape index (κ1) is 13.8. The Balaban J connectivity index is 1.55. The minimum Gasteiger partial charge on any atom is -0.325 e. The third-order valence-corrected chi connectivity index (χ3v) is 3.94. The molecule has 1 aliphatic carbocycles. The highest BCUT2D eigenvalue weighted by Crippen LogP contribution is 2.30. The first-order chi connectivity index (χ1) is 10.2. The van der Waals surface area contributed by atoms with Crippen molar-refractivity contribution in [3.63, 3.8) is 0 Å². The molecule has 3 nitrogen and oxygen atoms in total. The van der Waals surface area contributed by atoms with E-state index in [0.29, 0.717) is 12.6 Å². The third kappa shape index (κ3) is 3.31. The predicted molar refractivity (Wildman–Crippen MR) is 85.3 cm³/mol. The first-order valence-electron chi connectivity index (χ1n) is 7.40. The fraction of sp³-hybridized carbons (Fsp3) is 0.278. The van der Waals surface area contributed by atoms with Crippen LogP contribution in [0.2, 0.25) is 0 Å². The van der Waals surface area contributed by atoms with Gasteiger partial charge in [-0.25, -0.2) is 0 Å². The minimum atomic E-state index is 0.00461. The van der Waals surface area contributed by atoms with Crippen molar-refractivity contribution in [2.24, 2.45) is 0 Å². The zero-order chi connectivity index (χ0) is 14.7. The minimum absolute atomic E-state index is 0.00461. The molecule has 3 rings (SSSR count). The Morgan fingerprint density at radius 2 is 2.05 bits per heavy atom. The second-order valence-corrected chi connectivity index (χ2v) is 5.59. The van der Waals surface area contributed by atoms with Crippen molar-refractivity contribution < 1.29 is 4.79 Å². The van der Waals surface area contributed by atoms with E-state index in [2.05, 4.69) is 34.9 Å². The number of hydrogen-bond acceptors (Lipinski definition) is 2. The van der Waals surface area contributed by atoms with Crippen molar-refractivity contribution in [3.8, 4) is 0 Å². The van der Waals surface area contributed by atoms with E-state index < -0.39 is 0 Å². The van der Waals surface area contributed by atoms with Gasteiger partial charge in [0.25, 0.3) is 0 Å². The van der Waals surface area contributed by atoms with Gasteiger partial charge in [0, 0.05) is 11.7 Å². The van der Waals surface area contributed by atoms with Gasteiger partial charge in [0.1, 0.15) is 0 Å². The summed E-state index contributed by atoms with van der Waals surface area (Å²) in [4.78, 5) is 12.0. The summed E-state index contributed by atoms with van der Waals surface area (Å²) in [5, 5.41) is 6.29. The topological polar surface area (TPSA) is 41.1 Å². The van der Waals surface area contributed by atoms with Crippen LogP contribution in [0.25, 0.3) is 0 Å². The standard InChI is InChI=1S/C18H20N2O/c1-13-5-4-7-15(11-13)20-18(21)12-19-17-10-9-14-6-2-3-8-16(14)17/h2-8,11,17,19H,9-10,12H2,1H3,(H,20,21). The zero-order valence-electron chi connectivity index (χ0n) is 12.2. The molecule has 0 saturated heterocycles. The molecular weight excluding hydrogens is 260 g/mol. The molecular formula is C18H20N2O. The van der Waals surface area contributed by atoms with Crippen molar-refractivity contribution in [2.75, 3.05) is 11.9 Å². The number of anilines is 1. The fourth-order valence-electron chi connectivity index (χ4n) is 2.91. The lowest BCUT2D eigenvalue weighted by Crippen LogP contribution is -2.30. The lowest BCUT2D eigenvalue weighted by Gasteiger charge is -2.14. The van der Waals surface area contributed by atoms with Crippen LogP contribution in [0, 0.1) is 6.92 Å². The molecule has 0 bridgehead atoms. The van der Waals surface area contributed by atoms with Crippen LogP contribution in [-0.4, -0.2) is 12.5 Å². The maximum atomic E-state index is 12.0. The van der Waals surface area contributed by atoms with Gasteiger partial charge in [-0.1, -0.05) is 36.4 Å². The number of carbonyl (C=O) groups excluding carboxylic acids is 1. The molecule has 2 N–H and O–H groups in total. The SMILES string of the molecule is Cc1cccc(NC(=O)CNC2CCc3ccccc32)c1. The molecule has 0 saturated carbocycles. The fourth-order valence-corrected chi connectivity index (χ4v) is 2.91. The highest BCUT2D eigenvalue weighted by molar-refractivity contribution is 5.92. The number of nitrogens with one attached hydrogen (secondary N) is 2. The lowest BCUT2D eigenvalue weighted by molar-refractivity contribution is -0.115. The average Bonchev–Trinajstić information content (AvgIpc) is 2.88. The first-order valence-corrected chi connectivity index (χ1v) is 7.40. The van der Waals surface area contributed by atoms with E-state index >= 15 is 0 Å². The second kappa shape index (κ2) is 6.10. The summed E-state index contributed by atoms with van der Waals surface area (Å²) in [6.07, 6.45) is 2.16. The summed E-state index contributed by atoms with van der Waals surface area (Å²) in [5.74, 6) is 0.00461. The molecule has 0 radical (unpaired) electrons. The van der Waals surface area contributed by atoms with Crippen LogP contribution in [0.4, 0.5) is 5.69 Å². The molecule has 0 aliphatic heterocycles. The highest BCUT2D eigenvalue weighted by atomic mass is 16.1. The van der Waals surface area contributed by atoms with Gasteiger partial charge >= 0.3 is 0 Å². The molecule has 2 aromatic carbocycles. The Morgan fingerprint density at radius 1 is 1.19 bits per heavy atom. The summed E-state index contributed by atoms with van der Waals surface area (Å²) in [6.45, 7) is 2.36. The van der Waals surface area contributed by atoms with Crippen molar-refractivity contribution in [3.05, 3.63) is 65.2 Å². The molecule has 0 heterocycles. The van der Waals surface area contributed by atoms with Gasteiger partial charge in [-0.05, 0) is 48.6 Å². The summed E-state index contributed by atoms with van der Waals surface area (Å²) in [6, 6.07) is 16.6. The van der Waals surface area contributed by atoms with Crippen LogP contribution in [0.5, 0.6) is 0 Å². The molecule has 2 aromatic rings. The van der Waals surface area contributed by atoms with E-state index in [4.69, 9.17) is 0 Å². The van der Waals surface area contributed by atoms with Crippen LogP contribution in [0.3, 0.4) is 0 Å².